The molecule has 1 aliphatic rings. The van der Waals surface area contributed by atoms with Gasteiger partial charge in [0.15, 0.2) is 7.83 Å². The van der Waals surface area contributed by atoms with Gasteiger partial charge in [0.1, 0.15) is 0 Å². The zero-order chi connectivity index (χ0) is 19.6. The zero-order valence-electron chi connectivity index (χ0n) is 16.7. The Hall–Kier alpha value is -0.926. The van der Waals surface area contributed by atoms with Crippen LogP contribution in [0.1, 0.15) is 47.0 Å². The van der Waals surface area contributed by atoms with Crippen molar-refractivity contribution < 1.29 is 24.2 Å². The first-order valence-corrected chi connectivity index (χ1v) is 15.9. The molecule has 0 aliphatic carbocycles. The highest BCUT2D eigenvalue weighted by atomic mass is 29.3. The smallest absolute Gasteiger partial charge is 0.332 e. The van der Waals surface area contributed by atoms with Crippen LogP contribution in [0, 0.1) is 5.92 Å². The number of carboxylic acid groups (broad SMARTS) is 2. The Bertz CT molecular complexity index is 566. The van der Waals surface area contributed by atoms with E-state index < -0.39 is 27.4 Å². The van der Waals surface area contributed by atoms with Gasteiger partial charge in [0.05, 0.1) is 13.2 Å². The number of hydrogen-bond donors (Lipinski definition) is 2. The Morgan fingerprint density at radius 1 is 1.12 bits per heavy atom. The lowest BCUT2D eigenvalue weighted by molar-refractivity contribution is -0.136. The molecule has 1 unspecified atom stereocenters. The molecule has 25 heavy (non-hydrogen) atoms. The Morgan fingerprint density at radius 3 is 2.08 bits per heavy atom. The summed E-state index contributed by atoms with van der Waals surface area (Å²) in [7, 11) is -3.38. The molecular weight excluding hydrogens is 352 g/mol. The molecule has 1 heterocycles. The van der Waals surface area contributed by atoms with Crippen LogP contribution in [0.2, 0.25) is 31.7 Å². The first kappa shape index (κ1) is 22.1. The van der Waals surface area contributed by atoms with E-state index in [4.69, 9.17) is 4.43 Å². The van der Waals surface area contributed by atoms with Gasteiger partial charge >= 0.3 is 11.9 Å². The van der Waals surface area contributed by atoms with Crippen LogP contribution in [0.3, 0.4) is 0 Å². The van der Waals surface area contributed by atoms with E-state index in [0.717, 1.165) is 18.9 Å². The number of carboxylic acids is 2. The van der Waals surface area contributed by atoms with Crippen LogP contribution >= 0.6 is 0 Å². The van der Waals surface area contributed by atoms with E-state index in [1.165, 1.54) is 6.04 Å². The number of carbonyl (C=O) groups is 2. The lowest BCUT2D eigenvalue weighted by Gasteiger charge is -2.51. The maximum Gasteiger partial charge on any atom is 0.332 e. The molecule has 1 fully saturated rings. The average molecular weight is 387 g/mol. The second kappa shape index (κ2) is 7.76. The van der Waals surface area contributed by atoms with Crippen molar-refractivity contribution in [3.8, 4) is 0 Å². The molecule has 1 saturated heterocycles. The fraction of sp³-hybridized carbons (Fsp3) is 0.778. The quantitative estimate of drug-likeness (QED) is 0.499. The molecule has 0 aromatic heterocycles. The van der Waals surface area contributed by atoms with Gasteiger partial charge in [-0.3, -0.25) is 0 Å². The van der Waals surface area contributed by atoms with Gasteiger partial charge in [-0.2, -0.15) is 0 Å². The zero-order valence-corrected chi connectivity index (χ0v) is 18.7. The van der Waals surface area contributed by atoms with Gasteiger partial charge < -0.3 is 14.6 Å². The topological polar surface area (TPSA) is 83.8 Å². The fourth-order valence-electron chi connectivity index (χ4n) is 3.91. The minimum Gasteiger partial charge on any atom is -0.478 e. The van der Waals surface area contributed by atoms with E-state index in [1.54, 1.807) is 13.8 Å². The molecule has 0 spiro atoms. The van der Waals surface area contributed by atoms with Crippen molar-refractivity contribution in [2.75, 3.05) is 0 Å². The summed E-state index contributed by atoms with van der Waals surface area (Å²) in [6.45, 7) is 14.8. The van der Waals surface area contributed by atoms with Gasteiger partial charge in [0.25, 0.3) is 0 Å². The summed E-state index contributed by atoms with van der Waals surface area (Å²) in [6, 6.07) is 2.21. The summed E-state index contributed by atoms with van der Waals surface area (Å²) in [4.78, 5) is 23.1. The van der Waals surface area contributed by atoms with E-state index in [9.17, 15) is 19.8 Å². The summed E-state index contributed by atoms with van der Waals surface area (Å²) < 4.78 is 6.48. The van der Waals surface area contributed by atoms with Crippen molar-refractivity contribution in [2.24, 2.45) is 5.92 Å². The van der Waals surface area contributed by atoms with Gasteiger partial charge in [-0.25, -0.2) is 9.59 Å². The van der Waals surface area contributed by atoms with Gasteiger partial charge in [-0.05, 0) is 45.7 Å². The van der Waals surface area contributed by atoms with E-state index in [0.29, 0.717) is 6.42 Å². The molecule has 0 aromatic rings. The second-order valence-electron chi connectivity index (χ2n) is 8.94. The third-order valence-electron chi connectivity index (χ3n) is 5.81. The van der Waals surface area contributed by atoms with Crippen molar-refractivity contribution in [1.29, 1.82) is 0 Å². The molecule has 1 rings (SSSR count). The highest BCUT2D eigenvalue weighted by Crippen LogP contribution is 2.41. The Labute approximate surface area is 153 Å². The molecule has 0 bridgehead atoms. The van der Waals surface area contributed by atoms with Crippen molar-refractivity contribution in [2.45, 2.75) is 84.3 Å². The molecule has 144 valence electrons. The maximum absolute atomic E-state index is 11.6. The highest BCUT2D eigenvalue weighted by Gasteiger charge is 2.52. The number of aliphatic carboxylic acids is 2. The van der Waals surface area contributed by atoms with Crippen LogP contribution in [0.5, 0.6) is 0 Å². The second-order valence-corrected chi connectivity index (χ2v) is 23.5. The molecule has 0 amide bonds. The first-order valence-electron chi connectivity index (χ1n) is 9.12. The van der Waals surface area contributed by atoms with Crippen molar-refractivity contribution >= 4 is 27.4 Å². The van der Waals surface area contributed by atoms with Crippen molar-refractivity contribution in [1.82, 2.24) is 0 Å². The van der Waals surface area contributed by atoms with Crippen LogP contribution in [-0.4, -0.2) is 43.2 Å². The van der Waals surface area contributed by atoms with Crippen molar-refractivity contribution in [3.05, 3.63) is 11.1 Å². The normalized spacial score (nSPS) is 26.2. The highest BCUT2D eigenvalue weighted by molar-refractivity contribution is 7.38. The Kier molecular flexibility index (Phi) is 6.86. The predicted octanol–water partition coefficient (Wildman–Crippen LogP) is 4.45. The minimum absolute atomic E-state index is 0.0388. The van der Waals surface area contributed by atoms with Crippen LogP contribution in [0.15, 0.2) is 11.1 Å². The molecule has 1 atom stereocenters. The van der Waals surface area contributed by atoms with Gasteiger partial charge in [0.2, 0.25) is 0 Å². The van der Waals surface area contributed by atoms with E-state index >= 15 is 0 Å². The third kappa shape index (κ3) is 5.28. The standard InChI is InChI=1S/C18H34O5Si2/c1-13(2)15(17(21)22)14(16(19)20)9-8-11-25(7)12-10-18(3,4)23-24(25,5)6/h13H,8-12H2,1-7H3,(H,19,20)(H,21,22). The van der Waals surface area contributed by atoms with Gasteiger partial charge in [-0.15, -0.1) is 0 Å². The predicted molar refractivity (Wildman–Crippen MR) is 105 cm³/mol. The molecule has 7 heteroatoms. The van der Waals surface area contributed by atoms with E-state index in [1.807, 2.05) is 0 Å². The Balaban J connectivity index is 2.91. The van der Waals surface area contributed by atoms with Crippen LogP contribution < -0.4 is 0 Å². The first-order chi connectivity index (χ1) is 11.2. The lowest BCUT2D eigenvalue weighted by atomic mass is 9.94. The maximum atomic E-state index is 11.6. The average Bonchev–Trinajstić information content (AvgIpc) is 2.40. The molecule has 1 aliphatic heterocycles. The molecule has 2 N–H and O–H groups in total. The monoisotopic (exact) mass is 386 g/mol. The van der Waals surface area contributed by atoms with E-state index in [2.05, 4.69) is 33.5 Å². The van der Waals surface area contributed by atoms with Crippen LogP contribution in [0.25, 0.3) is 0 Å². The van der Waals surface area contributed by atoms with Crippen LogP contribution in [-0.2, 0) is 14.0 Å². The summed E-state index contributed by atoms with van der Waals surface area (Å²) in [5.41, 5.74) is 0.0520. The SMILES string of the molecule is CC(C)C(C(=O)O)=C(CCC[Si]1(C)CCC(C)(C)O[Si]1(C)C)C(=O)O. The summed E-state index contributed by atoms with van der Waals surface area (Å²) in [5, 5.41) is 18.9. The van der Waals surface area contributed by atoms with Crippen LogP contribution in [0.4, 0.5) is 0 Å². The summed E-state index contributed by atoms with van der Waals surface area (Å²) >= 11 is 0. The minimum atomic E-state index is -1.79. The largest absolute Gasteiger partial charge is 0.478 e. The van der Waals surface area contributed by atoms with Crippen molar-refractivity contribution in [3.63, 3.8) is 0 Å². The third-order valence-corrected chi connectivity index (χ3v) is 23.1. The molecule has 0 aromatic carbocycles. The van der Waals surface area contributed by atoms with E-state index in [-0.39, 0.29) is 22.7 Å². The van der Waals surface area contributed by atoms with Gasteiger partial charge in [0, 0.05) is 11.1 Å². The molecule has 0 saturated carbocycles. The Morgan fingerprint density at radius 2 is 1.68 bits per heavy atom. The molecular formula is C18H34O5Si2. The number of hydrogen-bond acceptors (Lipinski definition) is 3. The lowest BCUT2D eigenvalue weighted by Crippen LogP contribution is -2.65. The summed E-state index contributed by atoms with van der Waals surface area (Å²) in [5.74, 6) is -2.52. The molecule has 5 nitrogen and oxygen atoms in total. The van der Waals surface area contributed by atoms with Gasteiger partial charge in [-0.1, -0.05) is 38.9 Å². The fourth-order valence-corrected chi connectivity index (χ4v) is 15.3. The summed E-state index contributed by atoms with van der Waals surface area (Å²) in [6.07, 6.45) is 2.11. The number of rotatable bonds is 7. The molecule has 0 radical (unpaired) electrons.